The van der Waals surface area contributed by atoms with Gasteiger partial charge in [0, 0.05) is 36.4 Å². The molecule has 1 fully saturated rings. The van der Waals surface area contributed by atoms with Crippen LogP contribution in [0, 0.1) is 0 Å². The highest BCUT2D eigenvalue weighted by molar-refractivity contribution is 6.30. The number of halogens is 1. The van der Waals surface area contributed by atoms with E-state index >= 15 is 0 Å². The first-order valence-corrected chi connectivity index (χ1v) is 7.84. The fourth-order valence-electron chi connectivity index (χ4n) is 2.60. The predicted octanol–water partition coefficient (Wildman–Crippen LogP) is 3.27. The van der Waals surface area contributed by atoms with Gasteiger partial charge in [0.1, 0.15) is 5.82 Å². The van der Waals surface area contributed by atoms with Crippen LogP contribution in [0.1, 0.15) is 28.8 Å². The molecule has 4 nitrogen and oxygen atoms in total. The Hall–Kier alpha value is -2.07. The van der Waals surface area contributed by atoms with Gasteiger partial charge in [-0.2, -0.15) is 0 Å². The fourth-order valence-corrected chi connectivity index (χ4v) is 2.79. The van der Waals surface area contributed by atoms with Crippen LogP contribution in [0.3, 0.4) is 0 Å². The lowest BCUT2D eigenvalue weighted by Crippen LogP contribution is -2.23. The minimum atomic E-state index is -0.123. The van der Waals surface area contributed by atoms with E-state index in [2.05, 4.69) is 15.2 Å². The average molecular weight is 316 g/mol. The molecule has 1 saturated heterocycles. The summed E-state index contributed by atoms with van der Waals surface area (Å²) >= 11 is 5.91. The lowest BCUT2D eigenvalue weighted by molar-refractivity contribution is 0.0951. The summed E-state index contributed by atoms with van der Waals surface area (Å²) in [6, 6.07) is 10.9. The Balaban J connectivity index is 1.63. The Labute approximate surface area is 135 Å². The van der Waals surface area contributed by atoms with E-state index < -0.39 is 0 Å². The van der Waals surface area contributed by atoms with Crippen LogP contribution < -0.4 is 10.2 Å². The van der Waals surface area contributed by atoms with Gasteiger partial charge in [0.25, 0.3) is 5.91 Å². The second-order valence-corrected chi connectivity index (χ2v) is 5.85. The SMILES string of the molecule is O=C(NCc1ccnc(N2CCCC2)c1)c1cccc(Cl)c1. The molecule has 5 heteroatoms. The average Bonchev–Trinajstić information content (AvgIpc) is 3.07. The predicted molar refractivity (Wildman–Crippen MR) is 88.3 cm³/mol. The molecule has 1 N–H and O–H groups in total. The van der Waals surface area contributed by atoms with Gasteiger partial charge < -0.3 is 10.2 Å². The Bertz CT molecular complexity index is 668. The molecule has 0 spiro atoms. The van der Waals surface area contributed by atoms with Crippen LogP contribution in [0.4, 0.5) is 5.82 Å². The van der Waals surface area contributed by atoms with E-state index in [0.717, 1.165) is 24.5 Å². The third-order valence-electron chi connectivity index (χ3n) is 3.78. The van der Waals surface area contributed by atoms with Gasteiger partial charge >= 0.3 is 0 Å². The third kappa shape index (κ3) is 3.57. The number of anilines is 1. The molecule has 1 amide bonds. The zero-order valence-corrected chi connectivity index (χ0v) is 13.0. The molecule has 1 aromatic heterocycles. The summed E-state index contributed by atoms with van der Waals surface area (Å²) in [5.74, 6) is 0.869. The van der Waals surface area contributed by atoms with Crippen molar-refractivity contribution < 1.29 is 4.79 Å². The minimum Gasteiger partial charge on any atom is -0.357 e. The van der Waals surface area contributed by atoms with E-state index in [-0.39, 0.29) is 5.91 Å². The van der Waals surface area contributed by atoms with E-state index in [1.165, 1.54) is 12.8 Å². The molecular weight excluding hydrogens is 298 g/mol. The van der Waals surface area contributed by atoms with Gasteiger partial charge in [-0.3, -0.25) is 4.79 Å². The summed E-state index contributed by atoms with van der Waals surface area (Å²) in [4.78, 5) is 18.8. The first-order valence-electron chi connectivity index (χ1n) is 7.46. The summed E-state index contributed by atoms with van der Waals surface area (Å²) in [6.45, 7) is 2.60. The van der Waals surface area contributed by atoms with Crippen molar-refractivity contribution in [1.82, 2.24) is 10.3 Å². The van der Waals surface area contributed by atoms with Crippen LogP contribution in [0.2, 0.25) is 5.02 Å². The summed E-state index contributed by atoms with van der Waals surface area (Å²) < 4.78 is 0. The number of pyridine rings is 1. The van der Waals surface area contributed by atoms with E-state index in [1.54, 1.807) is 30.5 Å². The van der Waals surface area contributed by atoms with Crippen molar-refractivity contribution in [2.24, 2.45) is 0 Å². The topological polar surface area (TPSA) is 45.2 Å². The lowest BCUT2D eigenvalue weighted by Gasteiger charge is -2.17. The zero-order valence-electron chi connectivity index (χ0n) is 12.3. The number of aromatic nitrogens is 1. The molecule has 114 valence electrons. The largest absolute Gasteiger partial charge is 0.357 e. The number of benzene rings is 1. The maximum Gasteiger partial charge on any atom is 0.251 e. The Morgan fingerprint density at radius 2 is 2.05 bits per heavy atom. The summed E-state index contributed by atoms with van der Waals surface area (Å²) in [6.07, 6.45) is 4.24. The molecule has 22 heavy (non-hydrogen) atoms. The molecule has 2 aromatic rings. The third-order valence-corrected chi connectivity index (χ3v) is 4.01. The molecule has 0 bridgehead atoms. The number of nitrogens with one attached hydrogen (secondary N) is 1. The summed E-state index contributed by atoms with van der Waals surface area (Å²) in [5.41, 5.74) is 1.62. The van der Waals surface area contributed by atoms with Gasteiger partial charge in [-0.25, -0.2) is 4.98 Å². The number of rotatable bonds is 4. The lowest BCUT2D eigenvalue weighted by atomic mass is 10.2. The van der Waals surface area contributed by atoms with E-state index in [0.29, 0.717) is 17.1 Å². The second kappa shape index (κ2) is 6.79. The maximum atomic E-state index is 12.1. The zero-order chi connectivity index (χ0) is 15.4. The first kappa shape index (κ1) is 14.9. The molecule has 2 heterocycles. The van der Waals surface area contributed by atoms with Gasteiger partial charge in [0.05, 0.1) is 0 Å². The molecule has 0 saturated carbocycles. The normalized spacial score (nSPS) is 14.1. The molecule has 0 unspecified atom stereocenters. The Morgan fingerprint density at radius 1 is 1.23 bits per heavy atom. The molecule has 3 rings (SSSR count). The Kier molecular flexibility index (Phi) is 4.59. The van der Waals surface area contributed by atoms with Crippen LogP contribution in [0.25, 0.3) is 0 Å². The second-order valence-electron chi connectivity index (χ2n) is 5.41. The van der Waals surface area contributed by atoms with Gasteiger partial charge in [-0.05, 0) is 48.7 Å². The van der Waals surface area contributed by atoms with Gasteiger partial charge in [0.15, 0.2) is 0 Å². The van der Waals surface area contributed by atoms with Crippen molar-refractivity contribution in [3.8, 4) is 0 Å². The smallest absolute Gasteiger partial charge is 0.251 e. The van der Waals surface area contributed by atoms with Crippen LogP contribution in [0.15, 0.2) is 42.6 Å². The monoisotopic (exact) mass is 315 g/mol. The number of carbonyl (C=O) groups is 1. The fraction of sp³-hybridized carbons (Fsp3) is 0.294. The highest BCUT2D eigenvalue weighted by atomic mass is 35.5. The van der Waals surface area contributed by atoms with Gasteiger partial charge in [-0.1, -0.05) is 17.7 Å². The highest BCUT2D eigenvalue weighted by Gasteiger charge is 2.13. The molecule has 1 aromatic carbocycles. The summed E-state index contributed by atoms with van der Waals surface area (Å²) in [5, 5.41) is 3.48. The molecular formula is C17H18ClN3O. The summed E-state index contributed by atoms with van der Waals surface area (Å²) in [7, 11) is 0. The standard InChI is InChI=1S/C17H18ClN3O/c18-15-5-3-4-14(11-15)17(22)20-12-13-6-7-19-16(10-13)21-8-1-2-9-21/h3-7,10-11H,1-2,8-9,12H2,(H,20,22). The van der Waals surface area contributed by atoms with Crippen LogP contribution in [-0.2, 0) is 6.54 Å². The van der Waals surface area contributed by atoms with Crippen LogP contribution in [0.5, 0.6) is 0 Å². The number of carbonyl (C=O) groups excluding carboxylic acids is 1. The quantitative estimate of drug-likeness (QED) is 0.942. The maximum absolute atomic E-state index is 12.1. The number of amides is 1. The van der Waals surface area contributed by atoms with Gasteiger partial charge in [-0.15, -0.1) is 0 Å². The molecule has 1 aliphatic rings. The van der Waals surface area contributed by atoms with Crippen molar-refractivity contribution in [2.45, 2.75) is 19.4 Å². The number of nitrogens with zero attached hydrogens (tertiary/aromatic N) is 2. The van der Waals surface area contributed by atoms with Crippen molar-refractivity contribution >= 4 is 23.3 Å². The van der Waals surface area contributed by atoms with E-state index in [1.807, 2.05) is 12.1 Å². The minimum absolute atomic E-state index is 0.123. The van der Waals surface area contributed by atoms with E-state index in [9.17, 15) is 4.79 Å². The highest BCUT2D eigenvalue weighted by Crippen LogP contribution is 2.18. The Morgan fingerprint density at radius 3 is 2.82 bits per heavy atom. The van der Waals surface area contributed by atoms with E-state index in [4.69, 9.17) is 11.6 Å². The first-order chi connectivity index (χ1) is 10.7. The van der Waals surface area contributed by atoms with Crippen LogP contribution >= 0.6 is 11.6 Å². The van der Waals surface area contributed by atoms with Crippen molar-refractivity contribution in [3.05, 3.63) is 58.7 Å². The molecule has 0 atom stereocenters. The van der Waals surface area contributed by atoms with Crippen molar-refractivity contribution in [2.75, 3.05) is 18.0 Å². The van der Waals surface area contributed by atoms with Gasteiger partial charge in [0.2, 0.25) is 0 Å². The molecule has 0 aliphatic carbocycles. The molecule has 0 radical (unpaired) electrons. The number of hydrogen-bond acceptors (Lipinski definition) is 3. The molecule has 1 aliphatic heterocycles. The number of hydrogen-bond donors (Lipinski definition) is 1. The van der Waals surface area contributed by atoms with Crippen molar-refractivity contribution in [1.29, 1.82) is 0 Å². The van der Waals surface area contributed by atoms with Crippen LogP contribution in [-0.4, -0.2) is 24.0 Å². The van der Waals surface area contributed by atoms with Crippen molar-refractivity contribution in [3.63, 3.8) is 0 Å².